The van der Waals surface area contributed by atoms with E-state index >= 15 is 0 Å². The molecular formula is C13H21N5. The molecule has 0 fully saturated rings. The van der Waals surface area contributed by atoms with Gasteiger partial charge >= 0.3 is 0 Å². The van der Waals surface area contributed by atoms with Gasteiger partial charge in [-0.15, -0.1) is 0 Å². The number of hydrogen-bond acceptors (Lipinski definition) is 3. The number of aromatic nitrogens is 4. The molecule has 0 aliphatic carbocycles. The maximum Gasteiger partial charge on any atom is 0.0758 e. The van der Waals surface area contributed by atoms with Gasteiger partial charge in [0.05, 0.1) is 23.3 Å². The van der Waals surface area contributed by atoms with Crippen LogP contribution in [0.15, 0.2) is 12.4 Å². The smallest absolute Gasteiger partial charge is 0.0758 e. The van der Waals surface area contributed by atoms with Crippen molar-refractivity contribution in [3.8, 4) is 0 Å². The standard InChI is InChI=1S/C13H21N5/c1-9(2)18-8-12(10(3)16-18)6-14-13-7-15-17(5)11(13)4/h7-9,14H,6H2,1-5H3. The average molecular weight is 247 g/mol. The first-order chi connectivity index (χ1) is 8.49. The van der Waals surface area contributed by atoms with Crippen LogP contribution in [-0.4, -0.2) is 19.6 Å². The first-order valence-electron chi connectivity index (χ1n) is 6.26. The van der Waals surface area contributed by atoms with E-state index in [9.17, 15) is 0 Å². The van der Waals surface area contributed by atoms with Gasteiger partial charge < -0.3 is 5.32 Å². The largest absolute Gasteiger partial charge is 0.378 e. The van der Waals surface area contributed by atoms with E-state index in [1.54, 1.807) is 0 Å². The third-order valence-electron chi connectivity index (χ3n) is 3.25. The molecule has 0 spiro atoms. The normalized spacial score (nSPS) is 11.2. The van der Waals surface area contributed by atoms with E-state index in [0.717, 1.165) is 23.6 Å². The molecule has 2 aromatic rings. The molecule has 2 rings (SSSR count). The van der Waals surface area contributed by atoms with Crippen molar-refractivity contribution < 1.29 is 0 Å². The Kier molecular flexibility index (Phi) is 3.41. The van der Waals surface area contributed by atoms with E-state index in [0.29, 0.717) is 6.04 Å². The first kappa shape index (κ1) is 12.7. The van der Waals surface area contributed by atoms with Gasteiger partial charge in [0.15, 0.2) is 0 Å². The summed E-state index contributed by atoms with van der Waals surface area (Å²) in [6, 6.07) is 0.401. The molecule has 5 nitrogen and oxygen atoms in total. The molecule has 0 bridgehead atoms. The summed E-state index contributed by atoms with van der Waals surface area (Å²) in [6.07, 6.45) is 3.97. The highest BCUT2D eigenvalue weighted by atomic mass is 15.3. The monoisotopic (exact) mass is 247 g/mol. The van der Waals surface area contributed by atoms with Crippen LogP contribution < -0.4 is 5.32 Å². The lowest BCUT2D eigenvalue weighted by molar-refractivity contribution is 0.529. The van der Waals surface area contributed by atoms with E-state index in [2.05, 4.69) is 42.5 Å². The van der Waals surface area contributed by atoms with Crippen molar-refractivity contribution in [3.05, 3.63) is 29.3 Å². The van der Waals surface area contributed by atoms with Crippen LogP contribution in [0, 0.1) is 13.8 Å². The van der Waals surface area contributed by atoms with Crippen LogP contribution in [0.5, 0.6) is 0 Å². The van der Waals surface area contributed by atoms with Crippen molar-refractivity contribution in [2.75, 3.05) is 5.32 Å². The second-order valence-corrected chi connectivity index (χ2v) is 4.93. The van der Waals surface area contributed by atoms with Crippen molar-refractivity contribution in [3.63, 3.8) is 0 Å². The fraction of sp³-hybridized carbons (Fsp3) is 0.538. The minimum atomic E-state index is 0.401. The predicted molar refractivity (Wildman–Crippen MR) is 72.6 cm³/mol. The molecule has 2 heterocycles. The van der Waals surface area contributed by atoms with Crippen molar-refractivity contribution in [1.29, 1.82) is 0 Å². The fourth-order valence-electron chi connectivity index (χ4n) is 1.82. The highest BCUT2D eigenvalue weighted by Gasteiger charge is 2.08. The molecule has 0 atom stereocenters. The van der Waals surface area contributed by atoms with E-state index in [4.69, 9.17) is 0 Å². The maximum absolute atomic E-state index is 4.51. The number of rotatable bonds is 4. The quantitative estimate of drug-likeness (QED) is 0.902. The molecule has 98 valence electrons. The van der Waals surface area contributed by atoms with Crippen molar-refractivity contribution in [1.82, 2.24) is 19.6 Å². The Morgan fingerprint density at radius 3 is 2.56 bits per heavy atom. The molecule has 0 saturated heterocycles. The molecule has 0 aromatic carbocycles. The summed E-state index contributed by atoms with van der Waals surface area (Å²) in [4.78, 5) is 0. The lowest BCUT2D eigenvalue weighted by Gasteiger charge is -2.05. The Labute approximate surface area is 108 Å². The Hall–Kier alpha value is -1.78. The number of nitrogens with one attached hydrogen (secondary N) is 1. The topological polar surface area (TPSA) is 47.7 Å². The summed E-state index contributed by atoms with van der Waals surface area (Å²) < 4.78 is 3.87. The van der Waals surface area contributed by atoms with E-state index in [-0.39, 0.29) is 0 Å². The summed E-state index contributed by atoms with van der Waals surface area (Å²) in [6.45, 7) is 9.15. The Morgan fingerprint density at radius 1 is 1.33 bits per heavy atom. The molecule has 2 aromatic heterocycles. The van der Waals surface area contributed by atoms with Gasteiger partial charge in [0.2, 0.25) is 0 Å². The summed E-state index contributed by atoms with van der Waals surface area (Å²) in [5, 5.41) is 12.1. The Morgan fingerprint density at radius 2 is 2.06 bits per heavy atom. The number of aryl methyl sites for hydroxylation is 2. The van der Waals surface area contributed by atoms with Gasteiger partial charge in [0.25, 0.3) is 0 Å². The highest BCUT2D eigenvalue weighted by Crippen LogP contribution is 2.16. The molecule has 0 aliphatic heterocycles. The third-order valence-corrected chi connectivity index (χ3v) is 3.25. The maximum atomic E-state index is 4.51. The SMILES string of the molecule is Cc1nn(C(C)C)cc1CNc1cnn(C)c1C. The molecule has 5 heteroatoms. The molecule has 0 saturated carbocycles. The number of nitrogens with zero attached hydrogens (tertiary/aromatic N) is 4. The molecular weight excluding hydrogens is 226 g/mol. The Bertz CT molecular complexity index is 536. The van der Waals surface area contributed by atoms with Crippen LogP contribution in [0.1, 0.15) is 36.8 Å². The third kappa shape index (κ3) is 2.39. The van der Waals surface area contributed by atoms with E-state index in [1.807, 2.05) is 29.5 Å². The molecule has 0 amide bonds. The highest BCUT2D eigenvalue weighted by molar-refractivity contribution is 5.46. The van der Waals surface area contributed by atoms with Gasteiger partial charge in [-0.1, -0.05) is 0 Å². The van der Waals surface area contributed by atoms with Crippen LogP contribution >= 0.6 is 0 Å². The van der Waals surface area contributed by atoms with Crippen LogP contribution in [0.3, 0.4) is 0 Å². The summed E-state index contributed by atoms with van der Waals surface area (Å²) in [5.74, 6) is 0. The van der Waals surface area contributed by atoms with Gasteiger partial charge in [0.1, 0.15) is 0 Å². The molecule has 0 aliphatic rings. The van der Waals surface area contributed by atoms with Gasteiger partial charge in [-0.25, -0.2) is 0 Å². The van der Waals surface area contributed by atoms with Crippen molar-refractivity contribution in [2.24, 2.45) is 7.05 Å². The minimum Gasteiger partial charge on any atom is -0.378 e. The number of hydrogen-bond donors (Lipinski definition) is 1. The van der Waals surface area contributed by atoms with E-state index < -0.39 is 0 Å². The predicted octanol–water partition coefficient (Wildman–Crippen LogP) is 2.43. The lowest BCUT2D eigenvalue weighted by Crippen LogP contribution is -2.02. The molecule has 18 heavy (non-hydrogen) atoms. The van der Waals surface area contributed by atoms with Gasteiger partial charge in [-0.05, 0) is 27.7 Å². The zero-order chi connectivity index (χ0) is 13.3. The van der Waals surface area contributed by atoms with Gasteiger partial charge in [0, 0.05) is 31.4 Å². The number of anilines is 1. The minimum absolute atomic E-state index is 0.401. The van der Waals surface area contributed by atoms with Crippen LogP contribution in [0.4, 0.5) is 5.69 Å². The fourth-order valence-corrected chi connectivity index (χ4v) is 1.82. The van der Waals surface area contributed by atoms with Crippen LogP contribution in [-0.2, 0) is 13.6 Å². The van der Waals surface area contributed by atoms with Crippen molar-refractivity contribution in [2.45, 2.75) is 40.3 Å². The second-order valence-electron chi connectivity index (χ2n) is 4.93. The second kappa shape index (κ2) is 4.84. The molecule has 1 N–H and O–H groups in total. The first-order valence-corrected chi connectivity index (χ1v) is 6.26. The zero-order valence-corrected chi connectivity index (χ0v) is 11.7. The van der Waals surface area contributed by atoms with Crippen LogP contribution in [0.2, 0.25) is 0 Å². The molecule has 0 radical (unpaired) electrons. The summed E-state index contributed by atoms with van der Waals surface area (Å²) >= 11 is 0. The summed E-state index contributed by atoms with van der Waals surface area (Å²) in [7, 11) is 1.95. The average Bonchev–Trinajstić information content (AvgIpc) is 2.83. The van der Waals surface area contributed by atoms with Gasteiger partial charge in [-0.2, -0.15) is 10.2 Å². The zero-order valence-electron chi connectivity index (χ0n) is 11.7. The van der Waals surface area contributed by atoms with Crippen molar-refractivity contribution >= 4 is 5.69 Å². The lowest BCUT2D eigenvalue weighted by atomic mass is 10.2. The summed E-state index contributed by atoms with van der Waals surface area (Å²) in [5.41, 5.74) is 4.53. The molecule has 0 unspecified atom stereocenters. The van der Waals surface area contributed by atoms with E-state index in [1.165, 1.54) is 5.56 Å². The Balaban J connectivity index is 2.08. The van der Waals surface area contributed by atoms with Crippen LogP contribution in [0.25, 0.3) is 0 Å². The van der Waals surface area contributed by atoms with Gasteiger partial charge in [-0.3, -0.25) is 9.36 Å².